The van der Waals surface area contributed by atoms with Crippen LogP contribution >= 0.6 is 0 Å². The Kier molecular flexibility index (Phi) is 6.75. The molecule has 1 aliphatic rings. The monoisotopic (exact) mass is 434 g/mol. The lowest BCUT2D eigenvalue weighted by molar-refractivity contribution is -0.120. The van der Waals surface area contributed by atoms with Crippen molar-refractivity contribution in [3.05, 3.63) is 48.4 Å². The van der Waals surface area contributed by atoms with E-state index in [0.717, 1.165) is 12.8 Å². The van der Waals surface area contributed by atoms with E-state index in [0.29, 0.717) is 55.6 Å². The summed E-state index contributed by atoms with van der Waals surface area (Å²) in [6.45, 7) is 3.92. The largest absolute Gasteiger partial charge is 0.491 e. The second kappa shape index (κ2) is 10.1. The fraction of sp³-hybridized carbons (Fsp3) is 0.375. The lowest BCUT2D eigenvalue weighted by atomic mass is 9.95. The number of oxazole rings is 1. The maximum Gasteiger partial charge on any atom is 0.266 e. The highest BCUT2D eigenvalue weighted by Crippen LogP contribution is 2.32. The first-order valence-corrected chi connectivity index (χ1v) is 10.9. The molecule has 1 fully saturated rings. The molecule has 0 aliphatic carbocycles. The first-order chi connectivity index (χ1) is 15.7. The third-order valence-corrected chi connectivity index (χ3v) is 5.50. The quantitative estimate of drug-likeness (QED) is 0.506. The van der Waals surface area contributed by atoms with Crippen molar-refractivity contribution in [3.63, 3.8) is 0 Å². The molecule has 1 saturated heterocycles. The van der Waals surface area contributed by atoms with Crippen molar-refractivity contribution < 1.29 is 18.4 Å². The van der Waals surface area contributed by atoms with Crippen molar-refractivity contribution in [1.29, 1.82) is 5.26 Å². The SMILES string of the molecule is CCCCOc1ccccc1NC(=O)C1CCN(c2oc(-c3ccco3)nc2C#N)CC1. The van der Waals surface area contributed by atoms with E-state index >= 15 is 0 Å². The highest BCUT2D eigenvalue weighted by atomic mass is 16.5. The third-order valence-electron chi connectivity index (χ3n) is 5.50. The van der Waals surface area contributed by atoms with Gasteiger partial charge in [-0.25, -0.2) is 0 Å². The van der Waals surface area contributed by atoms with E-state index in [1.54, 1.807) is 12.1 Å². The van der Waals surface area contributed by atoms with Crippen LogP contribution in [0.1, 0.15) is 38.3 Å². The summed E-state index contributed by atoms with van der Waals surface area (Å²) in [5.74, 6) is 1.71. The van der Waals surface area contributed by atoms with Gasteiger partial charge in [0.2, 0.25) is 17.5 Å². The van der Waals surface area contributed by atoms with Crippen LogP contribution in [0.3, 0.4) is 0 Å². The van der Waals surface area contributed by atoms with Crippen molar-refractivity contribution >= 4 is 17.5 Å². The molecule has 3 heterocycles. The van der Waals surface area contributed by atoms with Gasteiger partial charge in [-0.15, -0.1) is 0 Å². The van der Waals surface area contributed by atoms with Crippen LogP contribution in [0.15, 0.2) is 51.5 Å². The van der Waals surface area contributed by atoms with Gasteiger partial charge in [0.25, 0.3) is 5.89 Å². The Bertz CT molecular complexity index is 1080. The van der Waals surface area contributed by atoms with Crippen molar-refractivity contribution in [3.8, 4) is 23.5 Å². The topological polar surface area (TPSA) is 105 Å². The maximum absolute atomic E-state index is 12.9. The molecule has 8 heteroatoms. The minimum atomic E-state index is -0.132. The van der Waals surface area contributed by atoms with Crippen LogP contribution in [0.2, 0.25) is 0 Å². The summed E-state index contributed by atoms with van der Waals surface area (Å²) in [5.41, 5.74) is 0.915. The number of hydrogen-bond donors (Lipinski definition) is 1. The number of benzene rings is 1. The van der Waals surface area contributed by atoms with Gasteiger partial charge in [0.1, 0.15) is 11.8 Å². The second-order valence-corrected chi connectivity index (χ2v) is 7.71. The number of piperidine rings is 1. The zero-order chi connectivity index (χ0) is 22.3. The van der Waals surface area contributed by atoms with E-state index in [1.165, 1.54) is 6.26 Å². The smallest absolute Gasteiger partial charge is 0.266 e. The lowest BCUT2D eigenvalue weighted by Gasteiger charge is -2.31. The van der Waals surface area contributed by atoms with Crippen molar-refractivity contribution in [2.24, 2.45) is 5.92 Å². The van der Waals surface area contributed by atoms with Crippen LogP contribution in [0.25, 0.3) is 11.7 Å². The standard InChI is InChI=1S/C24H26N4O4/c1-2-3-14-30-20-8-5-4-7-18(20)26-22(29)17-10-12-28(13-11-17)24-19(16-25)27-23(32-24)21-9-6-15-31-21/h4-9,15,17H,2-3,10-14H2,1H3,(H,26,29). The Morgan fingerprint density at radius 3 is 2.81 bits per heavy atom. The maximum atomic E-state index is 12.9. The molecule has 1 aromatic carbocycles. The minimum absolute atomic E-state index is 0.0226. The average molecular weight is 434 g/mol. The Morgan fingerprint density at radius 1 is 1.28 bits per heavy atom. The van der Waals surface area contributed by atoms with E-state index in [4.69, 9.17) is 13.6 Å². The molecule has 8 nitrogen and oxygen atoms in total. The average Bonchev–Trinajstić information content (AvgIpc) is 3.50. The van der Waals surface area contributed by atoms with E-state index in [-0.39, 0.29) is 23.4 Å². The summed E-state index contributed by atoms with van der Waals surface area (Å²) in [4.78, 5) is 19.1. The summed E-state index contributed by atoms with van der Waals surface area (Å²) in [6.07, 6.45) is 4.84. The molecule has 0 saturated carbocycles. The van der Waals surface area contributed by atoms with Gasteiger partial charge in [-0.1, -0.05) is 25.5 Å². The first-order valence-electron chi connectivity index (χ1n) is 10.9. The van der Waals surface area contributed by atoms with Crippen LogP contribution in [0.4, 0.5) is 11.6 Å². The number of hydrogen-bond acceptors (Lipinski definition) is 7. The number of furan rings is 1. The van der Waals surface area contributed by atoms with Crippen molar-refractivity contribution in [1.82, 2.24) is 4.98 Å². The number of nitrogens with one attached hydrogen (secondary N) is 1. The predicted octanol–water partition coefficient (Wildman–Crippen LogP) is 4.84. The number of nitrogens with zero attached hydrogens (tertiary/aromatic N) is 3. The predicted molar refractivity (Wildman–Crippen MR) is 119 cm³/mol. The van der Waals surface area contributed by atoms with Crippen LogP contribution < -0.4 is 15.0 Å². The van der Waals surface area contributed by atoms with E-state index < -0.39 is 0 Å². The van der Waals surface area contributed by atoms with Gasteiger partial charge in [0.05, 0.1) is 18.6 Å². The molecule has 32 heavy (non-hydrogen) atoms. The molecule has 0 bridgehead atoms. The molecule has 1 N–H and O–H groups in total. The number of carbonyl (C=O) groups is 1. The number of amides is 1. The number of rotatable bonds is 8. The number of ether oxygens (including phenoxy) is 1. The minimum Gasteiger partial charge on any atom is -0.491 e. The van der Waals surface area contributed by atoms with Gasteiger partial charge in [-0.3, -0.25) is 4.79 Å². The molecule has 166 valence electrons. The van der Waals surface area contributed by atoms with Crippen LogP contribution in [-0.2, 0) is 4.79 Å². The first kappa shape index (κ1) is 21.5. The zero-order valence-corrected chi connectivity index (χ0v) is 18.0. The molecule has 0 atom stereocenters. The fourth-order valence-corrected chi connectivity index (χ4v) is 3.71. The normalized spacial score (nSPS) is 14.2. The van der Waals surface area contributed by atoms with Gasteiger partial charge in [-0.05, 0) is 43.5 Å². The van der Waals surface area contributed by atoms with Crippen LogP contribution in [0.5, 0.6) is 5.75 Å². The molecular formula is C24H26N4O4. The highest BCUT2D eigenvalue weighted by Gasteiger charge is 2.29. The van der Waals surface area contributed by atoms with Gasteiger partial charge in [-0.2, -0.15) is 10.2 Å². The van der Waals surface area contributed by atoms with Gasteiger partial charge >= 0.3 is 0 Å². The molecule has 0 spiro atoms. The molecule has 0 radical (unpaired) electrons. The van der Waals surface area contributed by atoms with Gasteiger partial charge in [0.15, 0.2) is 5.76 Å². The summed E-state index contributed by atoms with van der Waals surface area (Å²) in [7, 11) is 0. The van der Waals surface area contributed by atoms with Crippen molar-refractivity contribution in [2.75, 3.05) is 29.9 Å². The zero-order valence-electron chi connectivity index (χ0n) is 18.0. The number of anilines is 2. The summed E-state index contributed by atoms with van der Waals surface area (Å²) in [5, 5.41) is 12.5. The summed E-state index contributed by atoms with van der Waals surface area (Å²) in [6, 6.07) is 13.1. The molecule has 4 rings (SSSR count). The Hall–Kier alpha value is -3.73. The molecule has 1 aliphatic heterocycles. The van der Waals surface area contributed by atoms with Crippen LogP contribution in [0, 0.1) is 17.2 Å². The van der Waals surface area contributed by atoms with E-state index in [2.05, 4.69) is 23.3 Å². The number of aromatic nitrogens is 1. The summed E-state index contributed by atoms with van der Waals surface area (Å²) >= 11 is 0. The number of carbonyl (C=O) groups excluding carboxylic acids is 1. The second-order valence-electron chi connectivity index (χ2n) is 7.71. The number of nitriles is 1. The molecule has 3 aromatic rings. The van der Waals surface area contributed by atoms with E-state index in [9.17, 15) is 10.1 Å². The van der Waals surface area contributed by atoms with Gasteiger partial charge in [0, 0.05) is 19.0 Å². The molecular weight excluding hydrogens is 408 g/mol. The fourth-order valence-electron chi connectivity index (χ4n) is 3.71. The highest BCUT2D eigenvalue weighted by molar-refractivity contribution is 5.94. The Balaban J connectivity index is 1.37. The lowest BCUT2D eigenvalue weighted by Crippen LogP contribution is -2.38. The molecule has 1 amide bonds. The van der Waals surface area contributed by atoms with Gasteiger partial charge < -0.3 is 23.8 Å². The van der Waals surface area contributed by atoms with E-state index in [1.807, 2.05) is 29.2 Å². The number of unbranched alkanes of at least 4 members (excludes halogenated alkanes) is 1. The summed E-state index contributed by atoms with van der Waals surface area (Å²) < 4.78 is 17.0. The molecule has 2 aromatic heterocycles. The number of para-hydroxylation sites is 2. The van der Waals surface area contributed by atoms with Crippen LogP contribution in [-0.4, -0.2) is 30.6 Å². The Morgan fingerprint density at radius 2 is 2.09 bits per heavy atom. The molecule has 0 unspecified atom stereocenters. The third kappa shape index (κ3) is 4.78. The van der Waals surface area contributed by atoms with Crippen molar-refractivity contribution in [2.45, 2.75) is 32.6 Å². The Labute approximate surface area is 186 Å².